The van der Waals surface area contributed by atoms with Crippen LogP contribution in [0.3, 0.4) is 0 Å². The zero-order valence-corrected chi connectivity index (χ0v) is 12.1. The second-order valence-corrected chi connectivity index (χ2v) is 5.78. The third kappa shape index (κ3) is 2.72. The lowest BCUT2D eigenvalue weighted by molar-refractivity contribution is 0.161. The molecule has 0 aliphatic carbocycles. The Morgan fingerprint density at radius 2 is 1.95 bits per heavy atom. The van der Waals surface area contributed by atoms with E-state index < -0.39 is 11.6 Å². The van der Waals surface area contributed by atoms with E-state index in [4.69, 9.17) is 5.73 Å². The molecule has 1 saturated heterocycles. The molecule has 1 aromatic heterocycles. The van der Waals surface area contributed by atoms with Crippen LogP contribution in [0.1, 0.15) is 26.2 Å². The molecule has 114 valence electrons. The van der Waals surface area contributed by atoms with Gasteiger partial charge in [-0.3, -0.25) is 4.90 Å². The molecule has 2 heterocycles. The van der Waals surface area contributed by atoms with Gasteiger partial charge in [-0.15, -0.1) is 0 Å². The van der Waals surface area contributed by atoms with E-state index in [1.807, 2.05) is 0 Å². The Balaban J connectivity index is 1.91. The molecular formula is C15H20F2N4. The normalized spacial score (nSPS) is 18.2. The number of aromatic nitrogens is 2. The first kappa shape index (κ1) is 14.3. The Hall–Kier alpha value is -1.69. The smallest absolute Gasteiger partial charge is 0.201 e. The van der Waals surface area contributed by atoms with Gasteiger partial charge >= 0.3 is 0 Å². The van der Waals surface area contributed by atoms with Crippen LogP contribution in [0.25, 0.3) is 11.0 Å². The van der Waals surface area contributed by atoms with Gasteiger partial charge in [0.1, 0.15) is 11.3 Å². The second-order valence-electron chi connectivity index (χ2n) is 5.78. The molecule has 0 radical (unpaired) electrons. The first-order valence-corrected chi connectivity index (χ1v) is 7.41. The molecule has 0 saturated carbocycles. The van der Waals surface area contributed by atoms with Crippen molar-refractivity contribution in [3.05, 3.63) is 23.8 Å². The van der Waals surface area contributed by atoms with Crippen LogP contribution in [-0.4, -0.2) is 33.6 Å². The van der Waals surface area contributed by atoms with Crippen LogP contribution in [0, 0.1) is 11.6 Å². The maximum absolute atomic E-state index is 13.8. The van der Waals surface area contributed by atoms with Gasteiger partial charge in [-0.2, -0.15) is 0 Å². The predicted octanol–water partition coefficient (Wildman–Crippen LogP) is 2.77. The van der Waals surface area contributed by atoms with Gasteiger partial charge in [0.15, 0.2) is 5.82 Å². The molecule has 2 aromatic rings. The average molecular weight is 294 g/mol. The highest BCUT2D eigenvalue weighted by molar-refractivity contribution is 5.79. The zero-order chi connectivity index (χ0) is 15.0. The van der Waals surface area contributed by atoms with E-state index in [9.17, 15) is 8.78 Å². The molecule has 1 aliphatic rings. The summed E-state index contributed by atoms with van der Waals surface area (Å²) in [5.41, 5.74) is 6.46. The van der Waals surface area contributed by atoms with E-state index >= 15 is 0 Å². The average Bonchev–Trinajstić information content (AvgIpc) is 2.77. The first-order valence-electron chi connectivity index (χ1n) is 7.41. The molecule has 3 rings (SSSR count). The van der Waals surface area contributed by atoms with Crippen LogP contribution in [-0.2, 0) is 6.54 Å². The number of likely N-dealkylation sites (tertiary alicyclic amines) is 1. The quantitative estimate of drug-likeness (QED) is 0.947. The molecule has 1 aliphatic heterocycles. The van der Waals surface area contributed by atoms with Gasteiger partial charge in [0.2, 0.25) is 5.95 Å². The number of rotatable bonds is 3. The molecule has 1 atom stereocenters. The maximum atomic E-state index is 13.8. The minimum absolute atomic E-state index is 0.139. The van der Waals surface area contributed by atoms with Crippen LogP contribution >= 0.6 is 0 Å². The van der Waals surface area contributed by atoms with Crippen molar-refractivity contribution in [2.45, 2.75) is 38.8 Å². The summed E-state index contributed by atoms with van der Waals surface area (Å²) >= 11 is 0. The number of piperidine rings is 1. The number of anilines is 1. The summed E-state index contributed by atoms with van der Waals surface area (Å²) in [6, 6.07) is 2.40. The van der Waals surface area contributed by atoms with Crippen molar-refractivity contribution in [2.75, 3.05) is 18.8 Å². The molecule has 1 fully saturated rings. The number of nitrogens with zero attached hydrogens (tertiary/aromatic N) is 3. The Morgan fingerprint density at radius 1 is 1.24 bits per heavy atom. The molecule has 6 heteroatoms. The topological polar surface area (TPSA) is 47.1 Å². The highest BCUT2D eigenvalue weighted by atomic mass is 19.1. The van der Waals surface area contributed by atoms with E-state index in [0.29, 0.717) is 12.1 Å². The number of benzene rings is 1. The fraction of sp³-hybridized carbons (Fsp3) is 0.533. The van der Waals surface area contributed by atoms with Crippen LogP contribution in [0.15, 0.2) is 12.1 Å². The van der Waals surface area contributed by atoms with Gasteiger partial charge < -0.3 is 10.3 Å². The van der Waals surface area contributed by atoms with Gasteiger partial charge in [-0.25, -0.2) is 13.8 Å². The number of hydrogen-bond donors (Lipinski definition) is 1. The third-order valence-corrected chi connectivity index (χ3v) is 4.26. The van der Waals surface area contributed by atoms with Crippen molar-refractivity contribution in [2.24, 2.45) is 0 Å². The highest BCUT2D eigenvalue weighted by Crippen LogP contribution is 2.23. The summed E-state index contributed by atoms with van der Waals surface area (Å²) in [5.74, 6) is -1.04. The summed E-state index contributed by atoms with van der Waals surface area (Å²) in [7, 11) is 0. The lowest BCUT2D eigenvalue weighted by Gasteiger charge is -2.32. The van der Waals surface area contributed by atoms with E-state index in [2.05, 4.69) is 16.8 Å². The van der Waals surface area contributed by atoms with Gasteiger partial charge in [0, 0.05) is 24.7 Å². The number of fused-ring (bicyclic) bond motifs is 1. The minimum Gasteiger partial charge on any atom is -0.369 e. The summed E-state index contributed by atoms with van der Waals surface area (Å²) in [6.45, 7) is 4.84. The van der Waals surface area contributed by atoms with E-state index in [1.54, 1.807) is 4.57 Å². The number of nitrogens with two attached hydrogens (primary N) is 1. The molecule has 0 amide bonds. The summed E-state index contributed by atoms with van der Waals surface area (Å²) in [6.07, 6.45) is 3.68. The van der Waals surface area contributed by atoms with Gasteiger partial charge in [0.25, 0.3) is 0 Å². The van der Waals surface area contributed by atoms with Crippen molar-refractivity contribution < 1.29 is 8.78 Å². The van der Waals surface area contributed by atoms with Crippen molar-refractivity contribution >= 4 is 17.0 Å². The van der Waals surface area contributed by atoms with Crippen molar-refractivity contribution in [3.8, 4) is 0 Å². The lowest BCUT2D eigenvalue weighted by Crippen LogP contribution is -2.39. The monoisotopic (exact) mass is 294 g/mol. The van der Waals surface area contributed by atoms with Crippen LogP contribution in [0.5, 0.6) is 0 Å². The Kier molecular flexibility index (Phi) is 3.80. The molecule has 1 unspecified atom stereocenters. The molecule has 1 aromatic carbocycles. The number of hydrogen-bond acceptors (Lipinski definition) is 3. The Labute approximate surface area is 122 Å². The SMILES string of the molecule is CC(Cn1c(N)nc2c(F)cc(F)cc21)N1CCCCC1. The standard InChI is InChI=1S/C15H20F2N4/c1-10(20-5-3-2-4-6-20)9-21-13-8-11(16)7-12(17)14(13)19-15(21)18/h7-8,10H,2-6,9H2,1H3,(H2,18,19). The van der Waals surface area contributed by atoms with E-state index in [-0.39, 0.29) is 17.5 Å². The fourth-order valence-corrected chi connectivity index (χ4v) is 3.10. The van der Waals surface area contributed by atoms with Crippen LogP contribution in [0.4, 0.5) is 14.7 Å². The summed E-state index contributed by atoms with van der Waals surface area (Å²) < 4.78 is 28.9. The van der Waals surface area contributed by atoms with Gasteiger partial charge in [-0.1, -0.05) is 6.42 Å². The van der Waals surface area contributed by atoms with Crippen LogP contribution < -0.4 is 5.73 Å². The molecule has 2 N–H and O–H groups in total. The summed E-state index contributed by atoms with van der Waals surface area (Å²) in [5, 5.41) is 0. The zero-order valence-electron chi connectivity index (χ0n) is 12.1. The maximum Gasteiger partial charge on any atom is 0.201 e. The second kappa shape index (κ2) is 5.60. The summed E-state index contributed by atoms with van der Waals surface area (Å²) in [4.78, 5) is 6.43. The van der Waals surface area contributed by atoms with Gasteiger partial charge in [-0.05, 0) is 32.9 Å². The van der Waals surface area contributed by atoms with Crippen molar-refractivity contribution in [3.63, 3.8) is 0 Å². The first-order chi connectivity index (χ1) is 10.1. The Bertz CT molecular complexity index is 647. The molecule has 21 heavy (non-hydrogen) atoms. The van der Waals surface area contributed by atoms with Crippen molar-refractivity contribution in [1.29, 1.82) is 0 Å². The number of imidazole rings is 1. The molecular weight excluding hydrogens is 274 g/mol. The van der Waals surface area contributed by atoms with E-state index in [0.717, 1.165) is 19.2 Å². The molecule has 0 bridgehead atoms. The van der Waals surface area contributed by atoms with E-state index in [1.165, 1.54) is 25.3 Å². The van der Waals surface area contributed by atoms with Crippen molar-refractivity contribution in [1.82, 2.24) is 14.5 Å². The predicted molar refractivity (Wildman–Crippen MR) is 78.9 cm³/mol. The number of halogens is 2. The minimum atomic E-state index is -0.666. The number of nitrogen functional groups attached to an aromatic ring is 1. The van der Waals surface area contributed by atoms with Gasteiger partial charge in [0.05, 0.1) is 5.52 Å². The fourth-order valence-electron chi connectivity index (χ4n) is 3.10. The van der Waals surface area contributed by atoms with Crippen LogP contribution in [0.2, 0.25) is 0 Å². The Morgan fingerprint density at radius 3 is 2.67 bits per heavy atom. The highest BCUT2D eigenvalue weighted by Gasteiger charge is 2.20. The third-order valence-electron chi connectivity index (χ3n) is 4.26. The largest absolute Gasteiger partial charge is 0.369 e. The molecule has 0 spiro atoms. The molecule has 4 nitrogen and oxygen atoms in total. The lowest BCUT2D eigenvalue weighted by atomic mass is 10.1.